The number of ether oxygens (including phenoxy) is 1. The van der Waals surface area contributed by atoms with E-state index in [4.69, 9.17) is 20.5 Å². The van der Waals surface area contributed by atoms with E-state index in [1.807, 2.05) is 13.8 Å². The third-order valence-electron chi connectivity index (χ3n) is 1.68. The number of rotatable bonds is 2. The van der Waals surface area contributed by atoms with Crippen LogP contribution in [-0.4, -0.2) is 7.04 Å². The van der Waals surface area contributed by atoms with Crippen LogP contribution in [0.4, 0.5) is 0 Å². The standard InChI is InChI=1S/C10H13ClO/c1-7(2)8-4-9(11)6-10(5-8)12-3/h4-7H,1-3H3/i3D3. The molecule has 0 N–H and O–H groups in total. The lowest BCUT2D eigenvalue weighted by Crippen LogP contribution is -1.89. The Morgan fingerprint density at radius 1 is 1.42 bits per heavy atom. The van der Waals surface area contributed by atoms with Crippen LogP contribution in [-0.2, 0) is 0 Å². The van der Waals surface area contributed by atoms with Crippen molar-refractivity contribution in [3.8, 4) is 5.75 Å². The average molecular weight is 188 g/mol. The third kappa shape index (κ3) is 2.15. The fourth-order valence-electron chi connectivity index (χ4n) is 0.977. The maximum atomic E-state index is 6.99. The van der Waals surface area contributed by atoms with Crippen molar-refractivity contribution in [2.75, 3.05) is 7.04 Å². The van der Waals surface area contributed by atoms with Crippen LogP contribution in [0.2, 0.25) is 5.02 Å². The van der Waals surface area contributed by atoms with Crippen LogP contribution in [0.3, 0.4) is 0 Å². The highest BCUT2D eigenvalue weighted by molar-refractivity contribution is 6.30. The average Bonchev–Trinajstić information content (AvgIpc) is 1.99. The fourth-order valence-corrected chi connectivity index (χ4v) is 1.21. The first-order chi connectivity index (χ1) is 6.78. The monoisotopic (exact) mass is 187 g/mol. The Bertz CT molecular complexity index is 347. The molecule has 0 aliphatic carbocycles. The minimum atomic E-state index is -2.43. The zero-order chi connectivity index (χ0) is 11.6. The highest BCUT2D eigenvalue weighted by atomic mass is 35.5. The first kappa shape index (κ1) is 5.87. The smallest absolute Gasteiger partial charge is 0.120 e. The van der Waals surface area contributed by atoms with Crippen LogP contribution in [0.25, 0.3) is 0 Å². The molecule has 0 radical (unpaired) electrons. The van der Waals surface area contributed by atoms with Gasteiger partial charge in [-0.2, -0.15) is 0 Å². The second kappa shape index (κ2) is 3.81. The summed E-state index contributed by atoms with van der Waals surface area (Å²) in [6.45, 7) is 4.01. The summed E-state index contributed by atoms with van der Waals surface area (Å²) in [5.41, 5.74) is 0.960. The van der Waals surface area contributed by atoms with E-state index in [0.717, 1.165) is 5.56 Å². The predicted molar refractivity (Wildman–Crippen MR) is 52.1 cm³/mol. The van der Waals surface area contributed by atoms with Crippen molar-refractivity contribution >= 4 is 11.6 Å². The van der Waals surface area contributed by atoms with Gasteiger partial charge in [-0.15, -0.1) is 0 Å². The summed E-state index contributed by atoms with van der Waals surface area (Å²) in [6.07, 6.45) is 0. The molecule has 12 heavy (non-hydrogen) atoms. The van der Waals surface area contributed by atoms with Gasteiger partial charge in [-0.05, 0) is 29.7 Å². The lowest BCUT2D eigenvalue weighted by molar-refractivity contribution is 0.414. The van der Waals surface area contributed by atoms with Gasteiger partial charge in [-0.3, -0.25) is 0 Å². The van der Waals surface area contributed by atoms with Gasteiger partial charge in [0.2, 0.25) is 0 Å². The highest BCUT2D eigenvalue weighted by Gasteiger charge is 2.02. The Labute approximate surface area is 82.5 Å². The van der Waals surface area contributed by atoms with Gasteiger partial charge >= 0.3 is 0 Å². The summed E-state index contributed by atoms with van der Waals surface area (Å²) in [6, 6.07) is 5.00. The minimum Gasteiger partial charge on any atom is -0.497 e. The maximum Gasteiger partial charge on any atom is 0.120 e. The normalized spacial score (nSPS) is 15.2. The molecule has 66 valence electrons. The van der Waals surface area contributed by atoms with Crippen molar-refractivity contribution in [2.45, 2.75) is 19.8 Å². The topological polar surface area (TPSA) is 9.23 Å². The Kier molecular flexibility index (Phi) is 1.87. The van der Waals surface area contributed by atoms with E-state index in [1.165, 1.54) is 6.07 Å². The van der Waals surface area contributed by atoms with E-state index in [1.54, 1.807) is 12.1 Å². The van der Waals surface area contributed by atoms with E-state index in [0.29, 0.717) is 5.02 Å². The van der Waals surface area contributed by atoms with Crippen molar-refractivity contribution < 1.29 is 8.85 Å². The molecule has 2 heteroatoms. The molecule has 0 atom stereocenters. The molecule has 0 saturated heterocycles. The highest BCUT2D eigenvalue weighted by Crippen LogP contribution is 2.25. The quantitative estimate of drug-likeness (QED) is 0.689. The lowest BCUT2D eigenvalue weighted by atomic mass is 10.0. The number of halogens is 1. The molecule has 1 nitrogen and oxygen atoms in total. The molecule has 1 aromatic carbocycles. The van der Waals surface area contributed by atoms with E-state index in [2.05, 4.69) is 0 Å². The molecule has 1 rings (SSSR count). The molecule has 1 aromatic rings. The number of methoxy groups -OCH3 is 1. The van der Waals surface area contributed by atoms with Crippen molar-refractivity contribution in [2.24, 2.45) is 0 Å². The van der Waals surface area contributed by atoms with E-state index in [9.17, 15) is 0 Å². The van der Waals surface area contributed by atoms with E-state index in [-0.39, 0.29) is 11.7 Å². The molecule has 0 aliphatic rings. The third-order valence-corrected chi connectivity index (χ3v) is 1.90. The summed E-state index contributed by atoms with van der Waals surface area (Å²) >= 11 is 5.86. The Balaban J connectivity index is 2.99. The molecule has 0 unspecified atom stereocenters. The van der Waals surface area contributed by atoms with Crippen LogP contribution in [0.15, 0.2) is 18.2 Å². The van der Waals surface area contributed by atoms with Crippen LogP contribution in [0, 0.1) is 0 Å². The van der Waals surface area contributed by atoms with Crippen molar-refractivity contribution in [3.63, 3.8) is 0 Å². The van der Waals surface area contributed by atoms with Gasteiger partial charge in [0, 0.05) is 5.02 Å². The fraction of sp³-hybridized carbons (Fsp3) is 0.400. The molecular weight excluding hydrogens is 172 g/mol. The molecule has 0 aliphatic heterocycles. The van der Waals surface area contributed by atoms with Crippen molar-refractivity contribution in [1.29, 1.82) is 0 Å². The van der Waals surface area contributed by atoms with Crippen LogP contribution < -0.4 is 4.74 Å². The molecule has 0 fully saturated rings. The van der Waals surface area contributed by atoms with Crippen LogP contribution in [0.5, 0.6) is 5.75 Å². The molecule has 0 heterocycles. The molecule has 0 saturated carbocycles. The Morgan fingerprint density at radius 2 is 2.17 bits per heavy atom. The number of hydrogen-bond donors (Lipinski definition) is 0. The van der Waals surface area contributed by atoms with Gasteiger partial charge in [0.15, 0.2) is 0 Å². The van der Waals surface area contributed by atoms with E-state index >= 15 is 0 Å². The summed E-state index contributed by atoms with van der Waals surface area (Å²) in [7, 11) is -2.43. The first-order valence-corrected chi connectivity index (χ1v) is 4.15. The first-order valence-electron chi connectivity index (χ1n) is 5.27. The largest absolute Gasteiger partial charge is 0.497 e. The minimum absolute atomic E-state index is 0.280. The van der Waals surface area contributed by atoms with Gasteiger partial charge in [0.25, 0.3) is 0 Å². The lowest BCUT2D eigenvalue weighted by Gasteiger charge is -2.08. The van der Waals surface area contributed by atoms with Crippen LogP contribution in [0.1, 0.15) is 29.4 Å². The van der Waals surface area contributed by atoms with Crippen molar-refractivity contribution in [3.05, 3.63) is 28.8 Å². The second-order valence-corrected chi connectivity index (χ2v) is 3.41. The molecule has 0 amide bonds. The van der Waals surface area contributed by atoms with Gasteiger partial charge in [0.05, 0.1) is 11.2 Å². The van der Waals surface area contributed by atoms with E-state index < -0.39 is 7.04 Å². The molecule has 0 aromatic heterocycles. The molecular formula is C10H13ClO. The van der Waals surface area contributed by atoms with Gasteiger partial charge < -0.3 is 4.74 Å². The van der Waals surface area contributed by atoms with Crippen molar-refractivity contribution in [1.82, 2.24) is 0 Å². The Hall–Kier alpha value is -0.690. The number of benzene rings is 1. The molecule has 0 bridgehead atoms. The second-order valence-electron chi connectivity index (χ2n) is 2.98. The molecule has 0 spiro atoms. The summed E-state index contributed by atoms with van der Waals surface area (Å²) < 4.78 is 25.7. The predicted octanol–water partition coefficient (Wildman–Crippen LogP) is 3.47. The summed E-state index contributed by atoms with van der Waals surface area (Å²) in [5.74, 6) is 0.564. The zero-order valence-corrected chi connectivity index (χ0v) is 7.85. The maximum absolute atomic E-state index is 6.99. The number of hydrogen-bond acceptors (Lipinski definition) is 1. The SMILES string of the molecule is [2H]C([2H])([2H])Oc1cc(Cl)cc(C(C)C)c1. The van der Waals surface area contributed by atoms with Gasteiger partial charge in [-0.25, -0.2) is 0 Å². The summed E-state index contributed by atoms with van der Waals surface area (Å²) in [5, 5.41) is 0.487. The van der Waals surface area contributed by atoms with Gasteiger partial charge in [0.1, 0.15) is 5.75 Å². The van der Waals surface area contributed by atoms with Crippen LogP contribution >= 0.6 is 11.6 Å². The summed E-state index contributed by atoms with van der Waals surface area (Å²) in [4.78, 5) is 0. The zero-order valence-electron chi connectivity index (χ0n) is 10.1. The Morgan fingerprint density at radius 3 is 2.75 bits per heavy atom. The van der Waals surface area contributed by atoms with Gasteiger partial charge in [-0.1, -0.05) is 25.4 Å².